The zero-order valence-corrected chi connectivity index (χ0v) is 13.6. The fourth-order valence-electron chi connectivity index (χ4n) is 2.93. The van der Waals surface area contributed by atoms with Gasteiger partial charge in [0, 0.05) is 17.6 Å². The standard InChI is InChI=1S/C16H21ClN4O2/c17-13-3-5-16(6-4-13)23-10-15(22)9-20-7-1-2-14(20)8-21-12-18-11-19-21/h3-6,11-12,14-15,22H,1-2,7-10H2. The number of aromatic nitrogens is 3. The molecule has 0 radical (unpaired) electrons. The normalized spacial score (nSPS) is 19.8. The zero-order chi connectivity index (χ0) is 16.1. The fraction of sp³-hybridized carbons (Fsp3) is 0.500. The zero-order valence-electron chi connectivity index (χ0n) is 12.9. The van der Waals surface area contributed by atoms with E-state index in [1.54, 1.807) is 36.9 Å². The molecule has 1 aliphatic rings. The Morgan fingerprint density at radius 3 is 2.91 bits per heavy atom. The maximum Gasteiger partial charge on any atom is 0.137 e. The first-order chi connectivity index (χ1) is 11.2. The summed E-state index contributed by atoms with van der Waals surface area (Å²) in [6.45, 7) is 2.68. The smallest absolute Gasteiger partial charge is 0.137 e. The van der Waals surface area contributed by atoms with Gasteiger partial charge in [0.05, 0.1) is 6.54 Å². The molecule has 0 amide bonds. The van der Waals surface area contributed by atoms with Crippen molar-refractivity contribution < 1.29 is 9.84 Å². The summed E-state index contributed by atoms with van der Waals surface area (Å²) in [5, 5.41) is 15.1. The van der Waals surface area contributed by atoms with Crippen LogP contribution in [-0.2, 0) is 6.54 Å². The van der Waals surface area contributed by atoms with Crippen molar-refractivity contribution in [3.63, 3.8) is 0 Å². The quantitative estimate of drug-likeness (QED) is 0.835. The summed E-state index contributed by atoms with van der Waals surface area (Å²) in [6, 6.07) is 7.55. The van der Waals surface area contributed by atoms with E-state index in [9.17, 15) is 5.11 Å². The Hall–Kier alpha value is -1.63. The van der Waals surface area contributed by atoms with Gasteiger partial charge in [0.25, 0.3) is 0 Å². The van der Waals surface area contributed by atoms with Crippen molar-refractivity contribution in [1.82, 2.24) is 19.7 Å². The summed E-state index contributed by atoms with van der Waals surface area (Å²) < 4.78 is 7.46. The Labute approximate surface area is 140 Å². The first kappa shape index (κ1) is 16.2. The van der Waals surface area contributed by atoms with Gasteiger partial charge in [-0.1, -0.05) is 11.6 Å². The van der Waals surface area contributed by atoms with E-state index in [2.05, 4.69) is 15.0 Å². The molecule has 3 rings (SSSR count). The number of hydrogen-bond acceptors (Lipinski definition) is 5. The monoisotopic (exact) mass is 336 g/mol. The van der Waals surface area contributed by atoms with E-state index in [-0.39, 0.29) is 6.61 Å². The lowest BCUT2D eigenvalue weighted by atomic mass is 10.2. The number of aliphatic hydroxyl groups is 1. The van der Waals surface area contributed by atoms with Crippen LogP contribution in [0.3, 0.4) is 0 Å². The van der Waals surface area contributed by atoms with E-state index >= 15 is 0 Å². The Morgan fingerprint density at radius 1 is 1.35 bits per heavy atom. The minimum Gasteiger partial charge on any atom is -0.491 e. The Balaban J connectivity index is 1.46. The molecular weight excluding hydrogens is 316 g/mol. The second-order valence-corrected chi connectivity index (χ2v) is 6.26. The van der Waals surface area contributed by atoms with Crippen molar-refractivity contribution in [1.29, 1.82) is 0 Å². The number of β-amino-alcohol motifs (C(OH)–C–C–N with tert-alkyl or cyclic N) is 1. The third-order valence-corrected chi connectivity index (χ3v) is 4.32. The molecule has 1 aliphatic heterocycles. The van der Waals surface area contributed by atoms with Gasteiger partial charge in [0.1, 0.15) is 31.1 Å². The molecule has 2 heterocycles. The lowest BCUT2D eigenvalue weighted by Gasteiger charge is -2.26. The van der Waals surface area contributed by atoms with E-state index in [1.807, 2.05) is 4.68 Å². The summed E-state index contributed by atoms with van der Waals surface area (Å²) >= 11 is 5.84. The van der Waals surface area contributed by atoms with E-state index in [4.69, 9.17) is 16.3 Å². The summed E-state index contributed by atoms with van der Waals surface area (Å²) in [6.07, 6.45) is 5.02. The highest BCUT2D eigenvalue weighted by Crippen LogP contribution is 2.19. The average molecular weight is 337 g/mol. The van der Waals surface area contributed by atoms with Crippen molar-refractivity contribution in [2.24, 2.45) is 0 Å². The van der Waals surface area contributed by atoms with Gasteiger partial charge < -0.3 is 9.84 Å². The lowest BCUT2D eigenvalue weighted by Crippen LogP contribution is -2.40. The molecular formula is C16H21ClN4O2. The average Bonchev–Trinajstić information content (AvgIpc) is 3.20. The molecule has 0 spiro atoms. The number of benzene rings is 1. The van der Waals surface area contributed by atoms with Crippen LogP contribution in [0.1, 0.15) is 12.8 Å². The van der Waals surface area contributed by atoms with Crippen molar-refractivity contribution in [2.45, 2.75) is 31.5 Å². The topological polar surface area (TPSA) is 63.4 Å². The van der Waals surface area contributed by atoms with Crippen LogP contribution in [-0.4, -0.2) is 56.6 Å². The molecule has 1 N–H and O–H groups in total. The van der Waals surface area contributed by atoms with Crippen LogP contribution in [0.5, 0.6) is 5.75 Å². The summed E-state index contributed by atoms with van der Waals surface area (Å²) in [7, 11) is 0. The predicted molar refractivity (Wildman–Crippen MR) is 87.6 cm³/mol. The van der Waals surface area contributed by atoms with Crippen molar-refractivity contribution in [2.75, 3.05) is 19.7 Å². The summed E-state index contributed by atoms with van der Waals surface area (Å²) in [4.78, 5) is 6.28. The van der Waals surface area contributed by atoms with Crippen LogP contribution >= 0.6 is 11.6 Å². The van der Waals surface area contributed by atoms with Crippen molar-refractivity contribution in [3.05, 3.63) is 41.9 Å². The highest BCUT2D eigenvalue weighted by molar-refractivity contribution is 6.30. The van der Waals surface area contributed by atoms with Crippen LogP contribution in [0.15, 0.2) is 36.9 Å². The highest BCUT2D eigenvalue weighted by Gasteiger charge is 2.26. The van der Waals surface area contributed by atoms with Crippen LogP contribution in [0.2, 0.25) is 5.02 Å². The Kier molecular flexibility index (Phi) is 5.48. The third kappa shape index (κ3) is 4.67. The Bertz CT molecular complexity index is 591. The molecule has 2 aromatic rings. The molecule has 0 aliphatic carbocycles. The summed E-state index contributed by atoms with van der Waals surface area (Å²) in [5.74, 6) is 0.717. The van der Waals surface area contributed by atoms with Crippen LogP contribution in [0, 0.1) is 0 Å². The second-order valence-electron chi connectivity index (χ2n) is 5.83. The predicted octanol–water partition coefficient (Wildman–Crippen LogP) is 1.84. The van der Waals surface area contributed by atoms with Gasteiger partial charge in [-0.15, -0.1) is 0 Å². The first-order valence-corrected chi connectivity index (χ1v) is 8.21. The maximum absolute atomic E-state index is 10.2. The van der Waals surface area contributed by atoms with Gasteiger partial charge in [0.2, 0.25) is 0 Å². The number of rotatable bonds is 7. The molecule has 6 nitrogen and oxygen atoms in total. The highest BCUT2D eigenvalue weighted by atomic mass is 35.5. The van der Waals surface area contributed by atoms with Gasteiger partial charge in [0.15, 0.2) is 0 Å². The first-order valence-electron chi connectivity index (χ1n) is 7.83. The van der Waals surface area contributed by atoms with Crippen molar-refractivity contribution >= 4 is 11.6 Å². The molecule has 0 saturated carbocycles. The number of hydrogen-bond donors (Lipinski definition) is 1. The van der Waals surface area contributed by atoms with Crippen LogP contribution in [0.25, 0.3) is 0 Å². The fourth-order valence-corrected chi connectivity index (χ4v) is 3.06. The minimum absolute atomic E-state index is 0.272. The molecule has 7 heteroatoms. The van der Waals surface area contributed by atoms with E-state index in [1.165, 1.54) is 0 Å². The van der Waals surface area contributed by atoms with Gasteiger partial charge >= 0.3 is 0 Å². The largest absolute Gasteiger partial charge is 0.491 e. The third-order valence-electron chi connectivity index (χ3n) is 4.06. The van der Waals surface area contributed by atoms with E-state index in [0.29, 0.717) is 23.4 Å². The van der Waals surface area contributed by atoms with Gasteiger partial charge in [-0.05, 0) is 43.7 Å². The van der Waals surface area contributed by atoms with Gasteiger partial charge in [-0.25, -0.2) is 4.98 Å². The maximum atomic E-state index is 10.2. The van der Waals surface area contributed by atoms with Crippen LogP contribution < -0.4 is 4.74 Å². The molecule has 23 heavy (non-hydrogen) atoms. The molecule has 1 aromatic carbocycles. The lowest BCUT2D eigenvalue weighted by molar-refractivity contribution is 0.0609. The number of aliphatic hydroxyl groups excluding tert-OH is 1. The molecule has 2 atom stereocenters. The number of ether oxygens (including phenoxy) is 1. The molecule has 2 unspecified atom stereocenters. The van der Waals surface area contributed by atoms with Crippen LogP contribution in [0.4, 0.5) is 0 Å². The second kappa shape index (κ2) is 7.77. The molecule has 0 bridgehead atoms. The van der Waals surface area contributed by atoms with E-state index < -0.39 is 6.10 Å². The molecule has 1 aromatic heterocycles. The molecule has 1 saturated heterocycles. The van der Waals surface area contributed by atoms with Gasteiger partial charge in [-0.2, -0.15) is 5.10 Å². The van der Waals surface area contributed by atoms with E-state index in [0.717, 1.165) is 25.9 Å². The molecule has 1 fully saturated rings. The number of likely N-dealkylation sites (tertiary alicyclic amines) is 1. The minimum atomic E-state index is -0.526. The van der Waals surface area contributed by atoms with Crippen molar-refractivity contribution in [3.8, 4) is 5.75 Å². The van der Waals surface area contributed by atoms with Gasteiger partial charge in [-0.3, -0.25) is 9.58 Å². The molecule has 124 valence electrons. The number of halogens is 1. The summed E-state index contributed by atoms with van der Waals surface area (Å²) in [5.41, 5.74) is 0. The Morgan fingerprint density at radius 2 is 2.17 bits per heavy atom. The number of nitrogens with zero attached hydrogens (tertiary/aromatic N) is 4. The SMILES string of the molecule is OC(COc1ccc(Cl)cc1)CN1CCCC1Cn1cncn1.